The smallest absolute Gasteiger partial charge is 0.328 e. The highest BCUT2D eigenvalue weighted by Crippen LogP contribution is 2.46. The first-order chi connectivity index (χ1) is 16.2. The molecule has 5 rings (SSSR count). The van der Waals surface area contributed by atoms with Crippen molar-refractivity contribution in [3.63, 3.8) is 0 Å². The lowest BCUT2D eigenvalue weighted by atomic mass is 10.0. The third-order valence-electron chi connectivity index (χ3n) is 6.56. The normalized spacial score (nSPS) is 19.3. The maximum atomic E-state index is 13.3. The minimum absolute atomic E-state index is 0.224. The van der Waals surface area contributed by atoms with Crippen LogP contribution >= 0.6 is 11.6 Å². The van der Waals surface area contributed by atoms with Crippen LogP contribution in [0.3, 0.4) is 0 Å². The topological polar surface area (TPSA) is 63.1 Å². The molecule has 10 heteroatoms. The fourth-order valence-electron chi connectivity index (χ4n) is 4.56. The molecule has 2 amide bonds. The molecule has 0 radical (unpaired) electrons. The fraction of sp³-hybridized carbons (Fsp3) is 0.375. The highest BCUT2D eigenvalue weighted by Gasteiger charge is 2.48. The third kappa shape index (κ3) is 4.49. The van der Waals surface area contributed by atoms with Gasteiger partial charge in [0.2, 0.25) is 0 Å². The van der Waals surface area contributed by atoms with Crippen LogP contribution < -0.4 is 5.32 Å². The van der Waals surface area contributed by atoms with Crippen molar-refractivity contribution < 1.29 is 18.0 Å². The first kappa shape index (κ1) is 22.7. The quantitative estimate of drug-likeness (QED) is 0.512. The van der Waals surface area contributed by atoms with Crippen LogP contribution in [0.2, 0.25) is 5.02 Å². The molecule has 34 heavy (non-hydrogen) atoms. The van der Waals surface area contributed by atoms with Gasteiger partial charge in [0.25, 0.3) is 0 Å². The summed E-state index contributed by atoms with van der Waals surface area (Å²) in [6.07, 6.45) is 0.0807. The zero-order valence-electron chi connectivity index (χ0n) is 18.2. The zero-order valence-corrected chi connectivity index (χ0v) is 19.0. The number of aromatic nitrogens is 3. The lowest BCUT2D eigenvalue weighted by molar-refractivity contribution is -0.137. The Morgan fingerprint density at radius 1 is 1.12 bits per heavy atom. The molecule has 1 saturated heterocycles. The van der Waals surface area contributed by atoms with Crippen LogP contribution in [0.5, 0.6) is 0 Å². The summed E-state index contributed by atoms with van der Waals surface area (Å²) in [6, 6.07) is 12.1. The van der Waals surface area contributed by atoms with Crippen LogP contribution in [0.4, 0.5) is 18.0 Å². The van der Waals surface area contributed by atoms with Gasteiger partial charge in [-0.05, 0) is 61.1 Å². The Morgan fingerprint density at radius 3 is 2.47 bits per heavy atom. The minimum Gasteiger partial charge on any atom is -0.328 e. The van der Waals surface area contributed by atoms with Gasteiger partial charge in [-0.15, -0.1) is 0 Å². The standard InChI is InChI=1S/C24H23ClF3N5O/c25-19-9-3-16(4-10-19)14-33-21(29-15-30-33)20-2-1-13-32(20)22(34)31-23(11-12-23)17-5-7-18(8-6-17)24(26,27)28/h3-10,15,20H,1-2,11-14H2,(H,31,34). The summed E-state index contributed by atoms with van der Waals surface area (Å²) in [4.78, 5) is 19.5. The number of likely N-dealkylation sites (tertiary alicyclic amines) is 1. The molecule has 2 aliphatic rings. The van der Waals surface area contributed by atoms with Gasteiger partial charge in [-0.1, -0.05) is 35.9 Å². The molecule has 1 saturated carbocycles. The van der Waals surface area contributed by atoms with E-state index in [0.29, 0.717) is 42.3 Å². The maximum Gasteiger partial charge on any atom is 0.416 e. The summed E-state index contributed by atoms with van der Waals surface area (Å²) in [5.41, 5.74) is 0.392. The van der Waals surface area contributed by atoms with Crippen molar-refractivity contribution in [2.24, 2.45) is 0 Å². The number of carbonyl (C=O) groups excluding carboxylic acids is 1. The van der Waals surface area contributed by atoms with Crippen molar-refractivity contribution in [1.82, 2.24) is 25.0 Å². The summed E-state index contributed by atoms with van der Waals surface area (Å²) in [5, 5.41) is 8.10. The van der Waals surface area contributed by atoms with E-state index in [2.05, 4.69) is 15.4 Å². The number of nitrogens with zero attached hydrogens (tertiary/aromatic N) is 4. The van der Waals surface area contributed by atoms with Crippen LogP contribution in [-0.4, -0.2) is 32.2 Å². The van der Waals surface area contributed by atoms with Crippen molar-refractivity contribution in [2.75, 3.05) is 6.54 Å². The molecule has 2 fully saturated rings. The number of hydrogen-bond acceptors (Lipinski definition) is 3. The molecule has 6 nitrogen and oxygen atoms in total. The van der Waals surface area contributed by atoms with E-state index in [1.807, 2.05) is 24.3 Å². The van der Waals surface area contributed by atoms with Gasteiger partial charge >= 0.3 is 12.2 Å². The first-order valence-corrected chi connectivity index (χ1v) is 11.5. The van der Waals surface area contributed by atoms with Crippen LogP contribution in [0.15, 0.2) is 54.9 Å². The van der Waals surface area contributed by atoms with Crippen molar-refractivity contribution in [2.45, 2.75) is 50.0 Å². The monoisotopic (exact) mass is 489 g/mol. The number of halogens is 4. The van der Waals surface area contributed by atoms with E-state index >= 15 is 0 Å². The van der Waals surface area contributed by atoms with Crippen molar-refractivity contribution in [3.8, 4) is 0 Å². The average molecular weight is 490 g/mol. The molecule has 0 spiro atoms. The highest BCUT2D eigenvalue weighted by molar-refractivity contribution is 6.30. The predicted octanol–water partition coefficient (Wildman–Crippen LogP) is 5.53. The van der Waals surface area contributed by atoms with Gasteiger partial charge in [0.05, 0.1) is 23.7 Å². The SMILES string of the molecule is O=C(NC1(c2ccc(C(F)(F)F)cc2)CC1)N1CCCC1c1ncnn1Cc1ccc(Cl)cc1. The molecule has 0 bridgehead atoms. The molecule has 1 aliphatic heterocycles. The summed E-state index contributed by atoms with van der Waals surface area (Å²) in [7, 11) is 0. The van der Waals surface area contributed by atoms with Gasteiger partial charge in [-0.25, -0.2) is 14.5 Å². The van der Waals surface area contributed by atoms with Crippen LogP contribution in [-0.2, 0) is 18.3 Å². The van der Waals surface area contributed by atoms with E-state index in [9.17, 15) is 18.0 Å². The summed E-state index contributed by atoms with van der Waals surface area (Å²) < 4.78 is 40.5. The molecule has 2 aromatic carbocycles. The molecule has 2 heterocycles. The van der Waals surface area contributed by atoms with Gasteiger partial charge in [0, 0.05) is 11.6 Å². The van der Waals surface area contributed by atoms with Gasteiger partial charge in [0.15, 0.2) is 0 Å². The third-order valence-corrected chi connectivity index (χ3v) is 6.82. The molecule has 1 aromatic heterocycles. The largest absolute Gasteiger partial charge is 0.416 e. The van der Waals surface area contributed by atoms with Gasteiger partial charge in [-0.3, -0.25) is 0 Å². The van der Waals surface area contributed by atoms with Gasteiger partial charge in [-0.2, -0.15) is 18.3 Å². The molecule has 1 N–H and O–H groups in total. The Labute approximate surface area is 199 Å². The second-order valence-electron chi connectivity index (χ2n) is 8.84. The first-order valence-electron chi connectivity index (χ1n) is 11.1. The second kappa shape index (κ2) is 8.61. The molecule has 1 unspecified atom stereocenters. The second-order valence-corrected chi connectivity index (χ2v) is 9.28. The van der Waals surface area contributed by atoms with Crippen LogP contribution in [0.25, 0.3) is 0 Å². The van der Waals surface area contributed by atoms with Crippen LogP contribution in [0, 0.1) is 0 Å². The molecule has 1 atom stereocenters. The Balaban J connectivity index is 1.31. The predicted molar refractivity (Wildman–Crippen MR) is 120 cm³/mol. The summed E-state index contributed by atoms with van der Waals surface area (Å²) >= 11 is 5.98. The summed E-state index contributed by atoms with van der Waals surface area (Å²) in [6.45, 7) is 1.08. The van der Waals surface area contributed by atoms with Crippen molar-refractivity contribution >= 4 is 17.6 Å². The minimum atomic E-state index is -4.39. The van der Waals surface area contributed by atoms with Crippen LogP contribution in [0.1, 0.15) is 54.2 Å². The number of rotatable bonds is 5. The van der Waals surface area contributed by atoms with E-state index in [1.165, 1.54) is 18.5 Å². The maximum absolute atomic E-state index is 13.3. The number of amides is 2. The molecule has 178 valence electrons. The van der Waals surface area contributed by atoms with Gasteiger partial charge in [0.1, 0.15) is 12.2 Å². The van der Waals surface area contributed by atoms with E-state index in [-0.39, 0.29) is 12.1 Å². The molecular weight excluding hydrogens is 467 g/mol. The van der Waals surface area contributed by atoms with Crippen molar-refractivity contribution in [3.05, 3.63) is 82.4 Å². The highest BCUT2D eigenvalue weighted by atomic mass is 35.5. The number of urea groups is 1. The van der Waals surface area contributed by atoms with E-state index in [1.54, 1.807) is 9.58 Å². The van der Waals surface area contributed by atoms with Crippen molar-refractivity contribution in [1.29, 1.82) is 0 Å². The lowest BCUT2D eigenvalue weighted by Crippen LogP contribution is -2.45. The lowest BCUT2D eigenvalue weighted by Gasteiger charge is -2.28. The van der Waals surface area contributed by atoms with Gasteiger partial charge < -0.3 is 10.2 Å². The number of hydrogen-bond donors (Lipinski definition) is 1. The number of benzene rings is 2. The van der Waals surface area contributed by atoms with E-state index in [0.717, 1.165) is 30.5 Å². The number of alkyl halides is 3. The Hall–Kier alpha value is -3.07. The summed E-state index contributed by atoms with van der Waals surface area (Å²) in [5.74, 6) is 0.710. The Morgan fingerprint density at radius 2 is 1.82 bits per heavy atom. The Bertz CT molecular complexity index is 1170. The average Bonchev–Trinajstić information content (AvgIpc) is 3.20. The van der Waals surface area contributed by atoms with E-state index < -0.39 is 17.3 Å². The number of nitrogens with one attached hydrogen (secondary N) is 1. The van der Waals surface area contributed by atoms with E-state index in [4.69, 9.17) is 11.6 Å². The molecule has 3 aromatic rings. The molecular formula is C24H23ClF3N5O. The molecule has 1 aliphatic carbocycles. The Kier molecular flexibility index (Phi) is 5.75. The fourth-order valence-corrected chi connectivity index (χ4v) is 4.69. The zero-order chi connectivity index (χ0) is 23.9. The number of carbonyl (C=O) groups is 1.